The SMILES string of the molecule is Cc1ccc2nc(CNC(=O)NCc3cc(F)cc4c3OCOC4)cn2c1. The molecule has 1 aromatic carbocycles. The summed E-state index contributed by atoms with van der Waals surface area (Å²) < 4.78 is 26.2. The van der Waals surface area contributed by atoms with Crippen LogP contribution in [0.25, 0.3) is 5.65 Å². The number of hydrogen-bond acceptors (Lipinski definition) is 4. The minimum Gasteiger partial charge on any atom is -0.467 e. The number of carbonyl (C=O) groups excluding carboxylic acids is 1. The number of nitrogens with one attached hydrogen (secondary N) is 2. The van der Waals surface area contributed by atoms with Gasteiger partial charge in [0.15, 0.2) is 6.79 Å². The molecular formula is C19H19FN4O3. The number of fused-ring (bicyclic) bond motifs is 2. The van der Waals surface area contributed by atoms with Crippen LogP contribution in [0.4, 0.5) is 9.18 Å². The van der Waals surface area contributed by atoms with Crippen molar-refractivity contribution in [3.63, 3.8) is 0 Å². The maximum atomic E-state index is 13.7. The predicted octanol–water partition coefficient (Wildman–Crippen LogP) is 2.65. The molecule has 0 saturated carbocycles. The molecule has 140 valence electrons. The molecule has 8 heteroatoms. The van der Waals surface area contributed by atoms with E-state index in [4.69, 9.17) is 9.47 Å². The van der Waals surface area contributed by atoms with E-state index in [2.05, 4.69) is 15.6 Å². The normalized spacial score (nSPS) is 13.1. The van der Waals surface area contributed by atoms with E-state index >= 15 is 0 Å². The fraction of sp³-hybridized carbons (Fsp3) is 0.263. The first kappa shape index (κ1) is 17.3. The summed E-state index contributed by atoms with van der Waals surface area (Å²) in [5.74, 6) is 0.179. The summed E-state index contributed by atoms with van der Waals surface area (Å²) in [6.45, 7) is 2.85. The number of halogens is 1. The molecule has 0 spiro atoms. The topological polar surface area (TPSA) is 76.9 Å². The van der Waals surface area contributed by atoms with Crippen LogP contribution in [0, 0.1) is 12.7 Å². The van der Waals surface area contributed by atoms with Crippen molar-refractivity contribution in [2.24, 2.45) is 0 Å². The lowest BCUT2D eigenvalue weighted by Crippen LogP contribution is -2.35. The average molecular weight is 370 g/mol. The third kappa shape index (κ3) is 3.85. The number of carbonyl (C=O) groups is 1. The predicted molar refractivity (Wildman–Crippen MR) is 95.7 cm³/mol. The highest BCUT2D eigenvalue weighted by atomic mass is 19.1. The molecule has 2 amide bonds. The Kier molecular flexibility index (Phi) is 4.64. The standard InChI is InChI=1S/C19H19FN4O3/c1-12-2-3-17-23-16(9-24(17)8-12)7-22-19(25)21-6-13-4-15(20)5-14-10-26-11-27-18(13)14/h2-5,8-9H,6-7,10-11H2,1H3,(H2,21,22,25). The van der Waals surface area contributed by atoms with Crippen LogP contribution in [0.5, 0.6) is 5.75 Å². The number of benzene rings is 1. The Morgan fingerprint density at radius 3 is 3.00 bits per heavy atom. The Morgan fingerprint density at radius 1 is 1.26 bits per heavy atom. The summed E-state index contributed by atoms with van der Waals surface area (Å²) in [5.41, 5.74) is 3.91. The zero-order chi connectivity index (χ0) is 18.8. The largest absolute Gasteiger partial charge is 0.467 e. The third-order valence-electron chi connectivity index (χ3n) is 4.27. The molecule has 0 bridgehead atoms. The van der Waals surface area contributed by atoms with E-state index in [9.17, 15) is 9.18 Å². The number of nitrogens with zero attached hydrogens (tertiary/aromatic N) is 2. The van der Waals surface area contributed by atoms with Gasteiger partial charge >= 0.3 is 6.03 Å². The zero-order valence-corrected chi connectivity index (χ0v) is 14.8. The molecule has 3 heterocycles. The maximum Gasteiger partial charge on any atom is 0.315 e. The van der Waals surface area contributed by atoms with Crippen LogP contribution in [0.1, 0.15) is 22.4 Å². The molecule has 0 radical (unpaired) electrons. The van der Waals surface area contributed by atoms with Crippen molar-refractivity contribution in [1.82, 2.24) is 20.0 Å². The minimum absolute atomic E-state index is 0.116. The van der Waals surface area contributed by atoms with Crippen molar-refractivity contribution in [3.8, 4) is 5.75 Å². The first-order valence-electron chi connectivity index (χ1n) is 8.56. The van der Waals surface area contributed by atoms with Crippen molar-refractivity contribution in [2.45, 2.75) is 26.6 Å². The van der Waals surface area contributed by atoms with Gasteiger partial charge in [-0.1, -0.05) is 6.07 Å². The summed E-state index contributed by atoms with van der Waals surface area (Å²) in [4.78, 5) is 16.5. The van der Waals surface area contributed by atoms with Crippen molar-refractivity contribution >= 4 is 11.7 Å². The van der Waals surface area contributed by atoms with E-state index in [1.165, 1.54) is 12.1 Å². The van der Waals surface area contributed by atoms with E-state index < -0.39 is 0 Å². The van der Waals surface area contributed by atoms with Gasteiger partial charge in [0.05, 0.1) is 18.8 Å². The monoisotopic (exact) mass is 370 g/mol. The zero-order valence-electron chi connectivity index (χ0n) is 14.8. The molecule has 0 aliphatic carbocycles. The molecule has 2 N–H and O–H groups in total. The molecule has 0 saturated heterocycles. The molecule has 2 aromatic heterocycles. The van der Waals surface area contributed by atoms with E-state index in [1.807, 2.05) is 35.9 Å². The van der Waals surface area contributed by atoms with Crippen LogP contribution < -0.4 is 15.4 Å². The number of urea groups is 1. The Bertz CT molecular complexity index is 1000. The second-order valence-corrected chi connectivity index (χ2v) is 6.40. The van der Waals surface area contributed by atoms with Gasteiger partial charge in [-0.25, -0.2) is 14.2 Å². The smallest absolute Gasteiger partial charge is 0.315 e. The fourth-order valence-corrected chi connectivity index (χ4v) is 3.04. The molecule has 27 heavy (non-hydrogen) atoms. The van der Waals surface area contributed by atoms with Crippen molar-refractivity contribution in [1.29, 1.82) is 0 Å². The lowest BCUT2D eigenvalue weighted by molar-refractivity contribution is -0.0173. The average Bonchev–Trinajstić information content (AvgIpc) is 3.06. The maximum absolute atomic E-state index is 13.7. The summed E-state index contributed by atoms with van der Waals surface area (Å²) in [7, 11) is 0. The van der Waals surface area contributed by atoms with Gasteiger partial charge in [0.2, 0.25) is 0 Å². The lowest BCUT2D eigenvalue weighted by atomic mass is 10.1. The Hall–Kier alpha value is -3.13. The second-order valence-electron chi connectivity index (χ2n) is 6.40. The van der Waals surface area contributed by atoms with Gasteiger partial charge in [-0.05, 0) is 30.7 Å². The molecule has 0 unspecified atom stereocenters. The van der Waals surface area contributed by atoms with Crippen LogP contribution in [0.2, 0.25) is 0 Å². The highest BCUT2D eigenvalue weighted by Gasteiger charge is 2.17. The minimum atomic E-state index is -0.389. The van der Waals surface area contributed by atoms with Gasteiger partial charge in [-0.15, -0.1) is 0 Å². The Balaban J connectivity index is 1.36. The number of amides is 2. The quantitative estimate of drug-likeness (QED) is 0.740. The van der Waals surface area contributed by atoms with Gasteiger partial charge in [0.1, 0.15) is 17.2 Å². The van der Waals surface area contributed by atoms with E-state index in [-0.39, 0.29) is 31.7 Å². The molecule has 3 aromatic rings. The first-order valence-corrected chi connectivity index (χ1v) is 8.56. The number of rotatable bonds is 4. The van der Waals surface area contributed by atoms with Crippen LogP contribution >= 0.6 is 0 Å². The first-order chi connectivity index (χ1) is 13.1. The highest BCUT2D eigenvalue weighted by molar-refractivity contribution is 5.74. The Morgan fingerprint density at radius 2 is 2.11 bits per heavy atom. The van der Waals surface area contributed by atoms with Gasteiger partial charge in [-0.3, -0.25) is 0 Å². The Labute approximate surface area is 155 Å². The number of ether oxygens (including phenoxy) is 2. The number of imidazole rings is 1. The van der Waals surface area contributed by atoms with Gasteiger partial charge in [0, 0.05) is 30.1 Å². The number of hydrogen-bond donors (Lipinski definition) is 2. The summed E-state index contributed by atoms with van der Waals surface area (Å²) in [6, 6.07) is 6.28. The van der Waals surface area contributed by atoms with Crippen molar-refractivity contribution < 1.29 is 18.7 Å². The third-order valence-corrected chi connectivity index (χ3v) is 4.27. The van der Waals surface area contributed by atoms with Crippen LogP contribution in [-0.4, -0.2) is 22.2 Å². The van der Waals surface area contributed by atoms with E-state index in [0.29, 0.717) is 23.5 Å². The van der Waals surface area contributed by atoms with Crippen LogP contribution in [0.3, 0.4) is 0 Å². The van der Waals surface area contributed by atoms with Crippen molar-refractivity contribution in [2.75, 3.05) is 6.79 Å². The molecule has 0 fully saturated rings. The number of aryl methyl sites for hydroxylation is 1. The van der Waals surface area contributed by atoms with Crippen LogP contribution in [-0.2, 0) is 24.4 Å². The highest BCUT2D eigenvalue weighted by Crippen LogP contribution is 2.29. The molecule has 1 aliphatic rings. The second kappa shape index (κ2) is 7.24. The summed E-state index contributed by atoms with van der Waals surface area (Å²) in [5, 5.41) is 5.47. The molecule has 7 nitrogen and oxygen atoms in total. The molecule has 0 atom stereocenters. The molecule has 4 rings (SSSR count). The van der Waals surface area contributed by atoms with E-state index in [0.717, 1.165) is 16.9 Å². The summed E-state index contributed by atoms with van der Waals surface area (Å²) >= 11 is 0. The molecule has 1 aliphatic heterocycles. The van der Waals surface area contributed by atoms with Crippen LogP contribution in [0.15, 0.2) is 36.7 Å². The summed E-state index contributed by atoms with van der Waals surface area (Å²) in [6.07, 6.45) is 3.85. The van der Waals surface area contributed by atoms with E-state index in [1.54, 1.807) is 0 Å². The van der Waals surface area contributed by atoms with Gasteiger partial charge < -0.3 is 24.5 Å². The van der Waals surface area contributed by atoms with Gasteiger partial charge in [0.25, 0.3) is 0 Å². The lowest BCUT2D eigenvalue weighted by Gasteiger charge is -2.21. The van der Waals surface area contributed by atoms with Gasteiger partial charge in [-0.2, -0.15) is 0 Å². The number of pyridine rings is 1. The van der Waals surface area contributed by atoms with Crippen molar-refractivity contribution in [3.05, 3.63) is 64.9 Å². The fourth-order valence-electron chi connectivity index (χ4n) is 3.04. The number of aromatic nitrogens is 2. The molecular weight excluding hydrogens is 351 g/mol.